The molecule has 1 rings (SSSR count). The lowest BCUT2D eigenvalue weighted by Gasteiger charge is -2.23. The van der Waals surface area contributed by atoms with Gasteiger partial charge < -0.3 is 9.47 Å². The number of rotatable bonds is 2. The van der Waals surface area contributed by atoms with Gasteiger partial charge in [0.15, 0.2) is 0 Å². The third-order valence-corrected chi connectivity index (χ3v) is 2.19. The number of hydrogen-bond donors (Lipinski definition) is 1. The van der Waals surface area contributed by atoms with Crippen molar-refractivity contribution in [2.45, 2.75) is 26.4 Å². The van der Waals surface area contributed by atoms with Gasteiger partial charge in [-0.15, -0.1) is 0 Å². The zero-order chi connectivity index (χ0) is 15.3. The van der Waals surface area contributed by atoms with E-state index in [4.69, 9.17) is 9.47 Å². The molecule has 1 N–H and O–H groups in total. The highest BCUT2D eigenvalue weighted by Crippen LogP contribution is 2.17. The fourth-order valence-corrected chi connectivity index (χ4v) is 1.39. The number of methoxy groups -OCH3 is 1. The van der Waals surface area contributed by atoms with E-state index in [0.717, 1.165) is 5.01 Å². The second-order valence-corrected chi connectivity index (χ2v) is 5.05. The number of hydrazine groups is 1. The topological polar surface area (TPSA) is 80.8 Å². The van der Waals surface area contributed by atoms with Crippen LogP contribution >= 0.6 is 0 Å². The molecule has 1 heterocycles. The van der Waals surface area contributed by atoms with Crippen LogP contribution in [0, 0.1) is 0 Å². The van der Waals surface area contributed by atoms with E-state index in [0.29, 0.717) is 5.75 Å². The summed E-state index contributed by atoms with van der Waals surface area (Å²) < 4.78 is 10.1. The highest BCUT2D eigenvalue weighted by molar-refractivity contribution is 5.97. The fraction of sp³-hybridized carbons (Fsp3) is 0.462. The molecule has 0 atom stereocenters. The Morgan fingerprint density at radius 1 is 1.35 bits per heavy atom. The molecule has 20 heavy (non-hydrogen) atoms. The number of hydrogen-bond acceptors (Lipinski definition) is 5. The number of amides is 2. The number of pyridine rings is 1. The summed E-state index contributed by atoms with van der Waals surface area (Å²) >= 11 is 0. The Bertz CT molecular complexity index is 497. The first kappa shape index (κ1) is 15.7. The summed E-state index contributed by atoms with van der Waals surface area (Å²) in [5, 5.41) is 1.02. The predicted molar refractivity (Wildman–Crippen MR) is 72.3 cm³/mol. The van der Waals surface area contributed by atoms with E-state index in [1.54, 1.807) is 26.8 Å². The minimum atomic E-state index is -0.712. The van der Waals surface area contributed by atoms with Crippen molar-refractivity contribution in [2.24, 2.45) is 0 Å². The van der Waals surface area contributed by atoms with E-state index in [9.17, 15) is 9.59 Å². The van der Waals surface area contributed by atoms with E-state index in [-0.39, 0.29) is 5.56 Å². The summed E-state index contributed by atoms with van der Waals surface area (Å²) in [7, 11) is 2.87. The Balaban J connectivity index is 2.75. The van der Waals surface area contributed by atoms with Crippen molar-refractivity contribution in [3.05, 3.63) is 24.0 Å². The molecular formula is C13H19N3O4. The SMILES string of the molecule is COc1ccncc1C(=O)N(C)NC(=O)OC(C)(C)C. The van der Waals surface area contributed by atoms with Crippen LogP contribution in [0.5, 0.6) is 5.75 Å². The summed E-state index contributed by atoms with van der Waals surface area (Å²) in [5.41, 5.74) is 1.93. The van der Waals surface area contributed by atoms with Crippen LogP contribution in [0.3, 0.4) is 0 Å². The number of ether oxygens (including phenoxy) is 2. The zero-order valence-electron chi connectivity index (χ0n) is 12.3. The lowest BCUT2D eigenvalue weighted by atomic mass is 10.2. The predicted octanol–water partition coefficient (Wildman–Crippen LogP) is 1.60. The first-order valence-corrected chi connectivity index (χ1v) is 6.00. The maximum atomic E-state index is 12.2. The Kier molecular flexibility index (Phi) is 4.90. The average molecular weight is 281 g/mol. The van der Waals surface area contributed by atoms with Gasteiger partial charge in [0, 0.05) is 19.4 Å². The fourth-order valence-electron chi connectivity index (χ4n) is 1.39. The smallest absolute Gasteiger partial charge is 0.426 e. The van der Waals surface area contributed by atoms with Crippen LogP contribution in [0.25, 0.3) is 0 Å². The quantitative estimate of drug-likeness (QED) is 0.833. The molecule has 0 radical (unpaired) electrons. The van der Waals surface area contributed by atoms with Gasteiger partial charge in [0.25, 0.3) is 5.91 Å². The van der Waals surface area contributed by atoms with E-state index >= 15 is 0 Å². The number of aromatic nitrogens is 1. The molecule has 0 fully saturated rings. The van der Waals surface area contributed by atoms with Gasteiger partial charge in [0.2, 0.25) is 0 Å². The van der Waals surface area contributed by atoms with E-state index in [2.05, 4.69) is 10.4 Å². The lowest BCUT2D eigenvalue weighted by molar-refractivity contribution is 0.0333. The molecule has 2 amide bonds. The first-order chi connectivity index (χ1) is 9.24. The normalized spacial score (nSPS) is 10.7. The molecule has 0 aromatic carbocycles. The highest BCUT2D eigenvalue weighted by Gasteiger charge is 2.21. The molecule has 0 spiro atoms. The van der Waals surface area contributed by atoms with E-state index in [1.807, 2.05) is 0 Å². The summed E-state index contributed by atoms with van der Waals surface area (Å²) in [4.78, 5) is 27.6. The largest absolute Gasteiger partial charge is 0.496 e. The van der Waals surface area contributed by atoms with Crippen molar-refractivity contribution in [2.75, 3.05) is 14.2 Å². The van der Waals surface area contributed by atoms with Crippen molar-refractivity contribution in [3.63, 3.8) is 0 Å². The lowest BCUT2D eigenvalue weighted by Crippen LogP contribution is -2.45. The standard InChI is InChI=1S/C13H19N3O4/c1-13(2,3)20-12(18)15-16(4)11(17)9-8-14-7-6-10(9)19-5/h6-8H,1-5H3,(H,15,18). The van der Waals surface area contributed by atoms with Crippen molar-refractivity contribution < 1.29 is 19.1 Å². The average Bonchev–Trinajstić information content (AvgIpc) is 2.35. The minimum Gasteiger partial charge on any atom is -0.496 e. The summed E-state index contributed by atoms with van der Waals surface area (Å²) in [6.07, 6.45) is 2.17. The molecule has 7 nitrogen and oxygen atoms in total. The van der Waals surface area contributed by atoms with Crippen LogP contribution in [-0.4, -0.2) is 41.8 Å². The van der Waals surface area contributed by atoms with Gasteiger partial charge in [-0.1, -0.05) is 0 Å². The highest BCUT2D eigenvalue weighted by atomic mass is 16.6. The van der Waals surface area contributed by atoms with Crippen molar-refractivity contribution >= 4 is 12.0 Å². The monoisotopic (exact) mass is 281 g/mol. The van der Waals surface area contributed by atoms with Crippen LogP contribution in [0.1, 0.15) is 31.1 Å². The van der Waals surface area contributed by atoms with Crippen LogP contribution in [0.2, 0.25) is 0 Å². The molecule has 0 aliphatic rings. The molecule has 1 aromatic rings. The zero-order valence-corrected chi connectivity index (χ0v) is 12.3. The maximum absolute atomic E-state index is 12.2. The number of carbonyl (C=O) groups excluding carboxylic acids is 2. The van der Waals surface area contributed by atoms with Gasteiger partial charge in [-0.3, -0.25) is 14.8 Å². The maximum Gasteiger partial charge on any atom is 0.426 e. The third-order valence-electron chi connectivity index (χ3n) is 2.19. The van der Waals surface area contributed by atoms with Crippen molar-refractivity contribution in [1.29, 1.82) is 0 Å². The van der Waals surface area contributed by atoms with Gasteiger partial charge in [0.1, 0.15) is 16.9 Å². The number of nitrogens with zero attached hydrogens (tertiary/aromatic N) is 2. The van der Waals surface area contributed by atoms with Crippen molar-refractivity contribution in [3.8, 4) is 5.75 Å². The summed E-state index contributed by atoms with van der Waals surface area (Å²) in [6.45, 7) is 5.20. The van der Waals surface area contributed by atoms with Gasteiger partial charge in [-0.2, -0.15) is 0 Å². The molecule has 0 aliphatic carbocycles. The summed E-state index contributed by atoms with van der Waals surface area (Å²) in [6, 6.07) is 1.56. The van der Waals surface area contributed by atoms with Gasteiger partial charge >= 0.3 is 6.09 Å². The second kappa shape index (κ2) is 6.23. The number of carbonyl (C=O) groups is 2. The molecular weight excluding hydrogens is 262 g/mol. The van der Waals surface area contributed by atoms with Crippen LogP contribution in [0.15, 0.2) is 18.5 Å². The molecule has 0 saturated heterocycles. The Morgan fingerprint density at radius 3 is 2.55 bits per heavy atom. The molecule has 1 aromatic heterocycles. The number of nitrogens with one attached hydrogen (secondary N) is 1. The molecule has 0 bridgehead atoms. The van der Waals surface area contributed by atoms with Crippen LogP contribution in [-0.2, 0) is 4.74 Å². The second-order valence-electron chi connectivity index (χ2n) is 5.05. The van der Waals surface area contributed by atoms with Crippen molar-refractivity contribution in [1.82, 2.24) is 15.4 Å². The Morgan fingerprint density at radius 2 is 2.00 bits per heavy atom. The van der Waals surface area contributed by atoms with E-state index in [1.165, 1.54) is 26.6 Å². The van der Waals surface area contributed by atoms with E-state index < -0.39 is 17.6 Å². The minimum absolute atomic E-state index is 0.244. The Hall–Kier alpha value is -2.31. The molecule has 0 unspecified atom stereocenters. The van der Waals surface area contributed by atoms with Crippen LogP contribution < -0.4 is 10.2 Å². The molecule has 7 heteroatoms. The van der Waals surface area contributed by atoms with Gasteiger partial charge in [-0.25, -0.2) is 10.2 Å². The van der Waals surface area contributed by atoms with Gasteiger partial charge in [0.05, 0.1) is 7.11 Å². The van der Waals surface area contributed by atoms with Crippen LogP contribution in [0.4, 0.5) is 4.79 Å². The Labute approximate surface area is 117 Å². The molecule has 0 saturated carbocycles. The molecule has 0 aliphatic heterocycles. The van der Waals surface area contributed by atoms with Gasteiger partial charge in [-0.05, 0) is 26.8 Å². The first-order valence-electron chi connectivity index (χ1n) is 6.00. The molecule has 110 valence electrons. The third kappa shape index (κ3) is 4.42. The summed E-state index contributed by atoms with van der Waals surface area (Å²) in [5.74, 6) is -0.0800.